The van der Waals surface area contributed by atoms with E-state index in [4.69, 9.17) is 0 Å². The number of nitrogens with one attached hydrogen (secondary N) is 1. The van der Waals surface area contributed by atoms with Gasteiger partial charge in [0, 0.05) is 11.6 Å². The van der Waals surface area contributed by atoms with Crippen LogP contribution < -0.4 is 5.32 Å². The zero-order valence-corrected chi connectivity index (χ0v) is 13.6. The normalized spacial score (nSPS) is 24.9. The molecule has 0 aromatic carbocycles. The minimum atomic E-state index is -0.139. The van der Waals surface area contributed by atoms with Crippen molar-refractivity contribution in [1.29, 1.82) is 0 Å². The average molecular weight is 270 g/mol. The smallest absolute Gasteiger partial charge is 0.0611 e. The maximum absolute atomic E-state index is 9.60. The van der Waals surface area contributed by atoms with Gasteiger partial charge in [-0.15, -0.1) is 0 Å². The predicted molar refractivity (Wildman–Crippen MR) is 82.5 cm³/mol. The van der Waals surface area contributed by atoms with Crippen molar-refractivity contribution in [3.05, 3.63) is 0 Å². The van der Waals surface area contributed by atoms with E-state index in [1.165, 1.54) is 32.4 Å². The van der Waals surface area contributed by atoms with Crippen LogP contribution in [0.4, 0.5) is 0 Å². The maximum Gasteiger partial charge on any atom is 0.0611 e. The molecule has 1 aliphatic rings. The van der Waals surface area contributed by atoms with Crippen LogP contribution >= 0.6 is 0 Å². The van der Waals surface area contributed by atoms with Gasteiger partial charge in [0.05, 0.1) is 6.61 Å². The second kappa shape index (κ2) is 7.05. The molecule has 0 aromatic heterocycles. The summed E-state index contributed by atoms with van der Waals surface area (Å²) in [5.41, 5.74) is 0.415. The lowest BCUT2D eigenvalue weighted by molar-refractivity contribution is 0.0612. The highest BCUT2D eigenvalue weighted by Crippen LogP contribution is 2.35. The van der Waals surface area contributed by atoms with Gasteiger partial charge in [-0.3, -0.25) is 0 Å². The van der Waals surface area contributed by atoms with Crippen LogP contribution in [0.15, 0.2) is 0 Å². The Kier molecular flexibility index (Phi) is 6.28. The Balaban J connectivity index is 2.49. The molecule has 19 heavy (non-hydrogen) atoms. The SMILES string of the molecule is CCNC(C)(CO)CC(C)N1CCC(C)(CC)CC1. The van der Waals surface area contributed by atoms with E-state index in [2.05, 4.69) is 44.8 Å². The van der Waals surface area contributed by atoms with Crippen LogP contribution in [0.25, 0.3) is 0 Å². The van der Waals surface area contributed by atoms with Gasteiger partial charge in [0.15, 0.2) is 0 Å². The number of nitrogens with zero attached hydrogens (tertiary/aromatic N) is 1. The van der Waals surface area contributed by atoms with Gasteiger partial charge in [-0.2, -0.15) is 0 Å². The molecule has 0 saturated carbocycles. The second-order valence-corrected chi connectivity index (χ2v) is 7.00. The van der Waals surface area contributed by atoms with Crippen molar-refractivity contribution in [2.75, 3.05) is 26.2 Å². The first-order chi connectivity index (χ1) is 8.88. The van der Waals surface area contributed by atoms with Gasteiger partial charge in [0.2, 0.25) is 0 Å². The summed E-state index contributed by atoms with van der Waals surface area (Å²) in [7, 11) is 0. The van der Waals surface area contributed by atoms with Crippen LogP contribution in [-0.2, 0) is 0 Å². The summed E-state index contributed by atoms with van der Waals surface area (Å²) < 4.78 is 0. The maximum atomic E-state index is 9.60. The van der Waals surface area contributed by atoms with Crippen LogP contribution in [-0.4, -0.2) is 47.8 Å². The standard InChI is InChI=1S/C16H34N2O/c1-6-15(4)8-10-18(11-9-15)14(3)12-16(5,13-19)17-7-2/h14,17,19H,6-13H2,1-5H3. The topological polar surface area (TPSA) is 35.5 Å². The molecule has 0 amide bonds. The summed E-state index contributed by atoms with van der Waals surface area (Å²) in [6, 6.07) is 0.539. The molecule has 1 saturated heterocycles. The third kappa shape index (κ3) is 4.73. The molecule has 1 aliphatic heterocycles. The number of hydrogen-bond acceptors (Lipinski definition) is 3. The Morgan fingerprint density at radius 2 is 1.89 bits per heavy atom. The van der Waals surface area contributed by atoms with Gasteiger partial charge in [-0.1, -0.05) is 27.2 Å². The summed E-state index contributed by atoms with van der Waals surface area (Å²) in [6.45, 7) is 14.8. The minimum Gasteiger partial charge on any atom is -0.394 e. The number of aliphatic hydroxyl groups excluding tert-OH is 1. The number of hydrogen-bond donors (Lipinski definition) is 2. The molecule has 1 heterocycles. The molecular weight excluding hydrogens is 236 g/mol. The Morgan fingerprint density at radius 3 is 2.32 bits per heavy atom. The van der Waals surface area contributed by atoms with E-state index < -0.39 is 0 Å². The minimum absolute atomic E-state index is 0.139. The third-order valence-electron chi connectivity index (χ3n) is 5.18. The largest absolute Gasteiger partial charge is 0.394 e. The molecule has 2 N–H and O–H groups in total. The van der Waals surface area contributed by atoms with E-state index in [-0.39, 0.29) is 12.1 Å². The molecule has 3 nitrogen and oxygen atoms in total. The van der Waals surface area contributed by atoms with E-state index in [0.29, 0.717) is 11.5 Å². The number of likely N-dealkylation sites (N-methyl/N-ethyl adjacent to an activating group) is 1. The van der Waals surface area contributed by atoms with E-state index in [0.717, 1.165) is 13.0 Å². The van der Waals surface area contributed by atoms with E-state index >= 15 is 0 Å². The van der Waals surface area contributed by atoms with Gasteiger partial charge in [0.25, 0.3) is 0 Å². The number of aliphatic hydroxyl groups is 1. The summed E-state index contributed by atoms with van der Waals surface area (Å²) in [5.74, 6) is 0. The van der Waals surface area contributed by atoms with Crippen molar-refractivity contribution in [2.24, 2.45) is 5.41 Å². The van der Waals surface area contributed by atoms with Gasteiger partial charge >= 0.3 is 0 Å². The average Bonchev–Trinajstić information content (AvgIpc) is 2.39. The Hall–Kier alpha value is -0.120. The van der Waals surface area contributed by atoms with Crippen LogP contribution in [0.3, 0.4) is 0 Å². The van der Waals surface area contributed by atoms with Gasteiger partial charge in [0.1, 0.15) is 0 Å². The summed E-state index contributed by atoms with van der Waals surface area (Å²) in [6.07, 6.45) is 4.93. The van der Waals surface area contributed by atoms with E-state index in [1.807, 2.05) is 0 Å². The lowest BCUT2D eigenvalue weighted by atomic mass is 9.77. The van der Waals surface area contributed by atoms with Gasteiger partial charge in [-0.25, -0.2) is 0 Å². The lowest BCUT2D eigenvalue weighted by Gasteiger charge is -2.43. The Labute approximate surface area is 119 Å². The van der Waals surface area contributed by atoms with Crippen molar-refractivity contribution >= 4 is 0 Å². The molecule has 2 atom stereocenters. The molecule has 0 spiro atoms. The highest BCUT2D eigenvalue weighted by molar-refractivity contribution is 4.89. The molecule has 0 radical (unpaired) electrons. The van der Waals surface area contributed by atoms with Gasteiger partial charge in [-0.05, 0) is 58.2 Å². The first kappa shape index (κ1) is 16.9. The highest BCUT2D eigenvalue weighted by Gasteiger charge is 2.33. The van der Waals surface area contributed by atoms with Gasteiger partial charge < -0.3 is 15.3 Å². The van der Waals surface area contributed by atoms with Crippen molar-refractivity contribution < 1.29 is 5.11 Å². The zero-order valence-electron chi connectivity index (χ0n) is 13.6. The number of likely N-dealkylation sites (tertiary alicyclic amines) is 1. The molecule has 2 unspecified atom stereocenters. The monoisotopic (exact) mass is 270 g/mol. The fourth-order valence-corrected chi connectivity index (χ4v) is 3.26. The number of rotatable bonds is 7. The summed E-state index contributed by atoms with van der Waals surface area (Å²) >= 11 is 0. The van der Waals surface area contributed by atoms with Crippen molar-refractivity contribution in [3.63, 3.8) is 0 Å². The fourth-order valence-electron chi connectivity index (χ4n) is 3.26. The van der Waals surface area contributed by atoms with E-state index in [9.17, 15) is 5.11 Å². The first-order valence-corrected chi connectivity index (χ1v) is 7.98. The first-order valence-electron chi connectivity index (χ1n) is 7.98. The fraction of sp³-hybridized carbons (Fsp3) is 1.00. The molecule has 1 fully saturated rings. The van der Waals surface area contributed by atoms with Crippen LogP contribution in [0, 0.1) is 5.41 Å². The molecule has 3 heteroatoms. The third-order valence-corrected chi connectivity index (χ3v) is 5.18. The molecule has 114 valence electrons. The van der Waals surface area contributed by atoms with Crippen molar-refractivity contribution in [3.8, 4) is 0 Å². The molecule has 0 aliphatic carbocycles. The van der Waals surface area contributed by atoms with E-state index in [1.54, 1.807) is 0 Å². The number of piperidine rings is 1. The second-order valence-electron chi connectivity index (χ2n) is 7.00. The van der Waals surface area contributed by atoms with Crippen molar-refractivity contribution in [2.45, 2.75) is 71.9 Å². The summed E-state index contributed by atoms with van der Waals surface area (Å²) in [4.78, 5) is 2.60. The predicted octanol–water partition coefficient (Wildman–Crippen LogP) is 2.64. The van der Waals surface area contributed by atoms with Crippen LogP contribution in [0.2, 0.25) is 0 Å². The highest BCUT2D eigenvalue weighted by atomic mass is 16.3. The Morgan fingerprint density at radius 1 is 1.32 bits per heavy atom. The molecule has 0 bridgehead atoms. The van der Waals surface area contributed by atoms with Crippen LogP contribution in [0.5, 0.6) is 0 Å². The lowest BCUT2D eigenvalue weighted by Crippen LogP contribution is -2.52. The summed E-state index contributed by atoms with van der Waals surface area (Å²) in [5, 5.41) is 13.0. The molecule has 1 rings (SSSR count). The Bertz CT molecular complexity index is 261. The quantitative estimate of drug-likeness (QED) is 0.746. The van der Waals surface area contributed by atoms with Crippen LogP contribution in [0.1, 0.15) is 60.3 Å². The molecular formula is C16H34N2O. The zero-order chi connectivity index (χ0) is 14.5. The molecule has 0 aromatic rings. The van der Waals surface area contributed by atoms with Crippen molar-refractivity contribution in [1.82, 2.24) is 10.2 Å².